The molecule has 104 valence electrons. The minimum absolute atomic E-state index is 0.150. The highest BCUT2D eigenvalue weighted by Gasteiger charge is 2.26. The topological polar surface area (TPSA) is 49.6 Å². The Morgan fingerprint density at radius 2 is 1.83 bits per heavy atom. The Morgan fingerprint density at radius 1 is 1.22 bits per heavy atom. The smallest absolute Gasteiger partial charge is 0.239 e. The summed E-state index contributed by atoms with van der Waals surface area (Å²) in [4.78, 5) is 16.5. The second-order valence-corrected chi connectivity index (χ2v) is 5.79. The summed E-state index contributed by atoms with van der Waals surface area (Å²) in [5.74, 6) is 0.933. The molecule has 2 fully saturated rings. The molecule has 0 unspecified atom stereocenters. The summed E-state index contributed by atoms with van der Waals surface area (Å²) < 4.78 is 0. The zero-order valence-corrected chi connectivity index (χ0v) is 11.6. The average molecular weight is 253 g/mol. The monoisotopic (exact) mass is 253 g/mol. The fraction of sp³-hybridized carbons (Fsp3) is 0.929. The molecule has 0 bridgehead atoms. The van der Waals surface area contributed by atoms with Gasteiger partial charge in [0.15, 0.2) is 0 Å². The van der Waals surface area contributed by atoms with Crippen LogP contribution in [0, 0.1) is 5.92 Å². The number of amides is 1. The molecule has 0 spiro atoms. The highest BCUT2D eigenvalue weighted by Crippen LogP contribution is 2.21. The molecule has 2 heterocycles. The zero-order valence-electron chi connectivity index (χ0n) is 11.6. The first-order chi connectivity index (χ1) is 8.70. The third-order valence-corrected chi connectivity index (χ3v) is 4.40. The van der Waals surface area contributed by atoms with E-state index in [0.29, 0.717) is 0 Å². The van der Waals surface area contributed by atoms with Crippen LogP contribution in [-0.2, 0) is 4.79 Å². The second kappa shape index (κ2) is 6.53. The van der Waals surface area contributed by atoms with Crippen molar-refractivity contribution >= 4 is 5.91 Å². The van der Waals surface area contributed by atoms with Gasteiger partial charge in [0, 0.05) is 19.6 Å². The fourth-order valence-corrected chi connectivity index (χ4v) is 3.08. The van der Waals surface area contributed by atoms with Crippen LogP contribution in [0.15, 0.2) is 0 Å². The van der Waals surface area contributed by atoms with Crippen LogP contribution in [-0.4, -0.2) is 54.5 Å². The van der Waals surface area contributed by atoms with E-state index in [1.54, 1.807) is 0 Å². The maximum absolute atomic E-state index is 12.0. The maximum atomic E-state index is 12.0. The molecule has 2 rings (SSSR count). The number of rotatable bonds is 4. The lowest BCUT2D eigenvalue weighted by Gasteiger charge is -2.35. The summed E-state index contributed by atoms with van der Waals surface area (Å²) in [6, 6.07) is -0.292. The number of carbonyl (C=O) groups excluding carboxylic acids is 1. The van der Waals surface area contributed by atoms with Gasteiger partial charge < -0.3 is 15.5 Å². The molecule has 2 aliphatic rings. The molecule has 2 N–H and O–H groups in total. The van der Waals surface area contributed by atoms with E-state index in [-0.39, 0.29) is 11.9 Å². The average Bonchev–Trinajstić information content (AvgIpc) is 2.91. The highest BCUT2D eigenvalue weighted by atomic mass is 16.2. The van der Waals surface area contributed by atoms with E-state index in [1.807, 2.05) is 11.8 Å². The Kier molecular flexibility index (Phi) is 5.01. The lowest BCUT2D eigenvalue weighted by Crippen LogP contribution is -2.47. The SMILES string of the molecule is CC[C@H](N)C(=O)N1CCC(CN2CCCC2)CC1. The summed E-state index contributed by atoms with van der Waals surface area (Å²) in [6.07, 6.45) is 5.77. The second-order valence-electron chi connectivity index (χ2n) is 5.79. The Labute approximate surface area is 110 Å². The quantitative estimate of drug-likeness (QED) is 0.815. The van der Waals surface area contributed by atoms with Gasteiger partial charge >= 0.3 is 0 Å². The molecule has 0 aromatic carbocycles. The zero-order chi connectivity index (χ0) is 13.0. The molecule has 18 heavy (non-hydrogen) atoms. The van der Waals surface area contributed by atoms with Crippen molar-refractivity contribution in [2.24, 2.45) is 11.7 Å². The minimum Gasteiger partial charge on any atom is -0.341 e. The molecule has 1 atom stereocenters. The van der Waals surface area contributed by atoms with Crippen molar-refractivity contribution in [2.75, 3.05) is 32.7 Å². The molecule has 0 aliphatic carbocycles. The Hall–Kier alpha value is -0.610. The van der Waals surface area contributed by atoms with Gasteiger partial charge in [0.1, 0.15) is 0 Å². The van der Waals surface area contributed by atoms with Crippen molar-refractivity contribution in [1.82, 2.24) is 9.80 Å². The molecule has 2 aliphatic heterocycles. The number of piperidine rings is 1. The Morgan fingerprint density at radius 3 is 2.39 bits per heavy atom. The van der Waals surface area contributed by atoms with Gasteiger partial charge in [0.25, 0.3) is 0 Å². The van der Waals surface area contributed by atoms with E-state index < -0.39 is 0 Å². The number of carbonyl (C=O) groups is 1. The minimum atomic E-state index is -0.292. The Bertz CT molecular complexity index is 268. The van der Waals surface area contributed by atoms with Gasteiger partial charge in [-0.15, -0.1) is 0 Å². The van der Waals surface area contributed by atoms with Crippen LogP contribution in [0.5, 0.6) is 0 Å². The first-order valence-corrected chi connectivity index (χ1v) is 7.47. The van der Waals surface area contributed by atoms with Crippen molar-refractivity contribution in [1.29, 1.82) is 0 Å². The molecule has 0 aromatic heterocycles. The predicted octanol–water partition coefficient (Wildman–Crippen LogP) is 1.06. The predicted molar refractivity (Wildman–Crippen MR) is 73.2 cm³/mol. The molecule has 4 nitrogen and oxygen atoms in total. The summed E-state index contributed by atoms with van der Waals surface area (Å²) in [6.45, 7) is 7.58. The van der Waals surface area contributed by atoms with Crippen LogP contribution in [0.3, 0.4) is 0 Å². The first kappa shape index (κ1) is 13.8. The van der Waals surface area contributed by atoms with Crippen LogP contribution < -0.4 is 5.73 Å². The van der Waals surface area contributed by atoms with E-state index in [2.05, 4.69) is 4.90 Å². The molecule has 0 radical (unpaired) electrons. The van der Waals surface area contributed by atoms with Crippen LogP contribution >= 0.6 is 0 Å². The van der Waals surface area contributed by atoms with E-state index in [4.69, 9.17) is 5.73 Å². The van der Waals surface area contributed by atoms with Crippen molar-refractivity contribution in [3.05, 3.63) is 0 Å². The Balaban J connectivity index is 1.72. The van der Waals surface area contributed by atoms with Gasteiger partial charge in [-0.3, -0.25) is 4.79 Å². The molecule has 2 saturated heterocycles. The molecule has 1 amide bonds. The van der Waals surface area contributed by atoms with Gasteiger partial charge in [-0.2, -0.15) is 0 Å². The van der Waals surface area contributed by atoms with Gasteiger partial charge in [-0.1, -0.05) is 6.92 Å². The van der Waals surface area contributed by atoms with Gasteiger partial charge in [0.05, 0.1) is 6.04 Å². The fourth-order valence-electron chi connectivity index (χ4n) is 3.08. The standard InChI is InChI=1S/C14H27N3O/c1-2-13(15)14(18)17-9-5-12(6-10-17)11-16-7-3-4-8-16/h12-13H,2-11,15H2,1H3/t13-/m0/s1. The maximum Gasteiger partial charge on any atom is 0.239 e. The van der Waals surface area contributed by atoms with Crippen molar-refractivity contribution < 1.29 is 4.79 Å². The lowest BCUT2D eigenvalue weighted by molar-refractivity contribution is -0.134. The summed E-state index contributed by atoms with van der Waals surface area (Å²) in [7, 11) is 0. The molecule has 0 saturated carbocycles. The van der Waals surface area contributed by atoms with Crippen LogP contribution in [0.4, 0.5) is 0 Å². The van der Waals surface area contributed by atoms with Crippen LogP contribution in [0.25, 0.3) is 0 Å². The van der Waals surface area contributed by atoms with E-state index in [0.717, 1.165) is 38.3 Å². The third kappa shape index (κ3) is 3.45. The summed E-state index contributed by atoms with van der Waals surface area (Å²) in [5, 5.41) is 0. The number of likely N-dealkylation sites (tertiary alicyclic amines) is 2. The number of nitrogens with two attached hydrogens (primary N) is 1. The number of nitrogens with zero attached hydrogens (tertiary/aromatic N) is 2. The van der Waals surface area contributed by atoms with Gasteiger partial charge in [-0.25, -0.2) is 0 Å². The van der Waals surface area contributed by atoms with E-state index in [9.17, 15) is 4.79 Å². The molecular formula is C14H27N3O. The number of hydrogen-bond acceptors (Lipinski definition) is 3. The normalized spacial score (nSPS) is 24.4. The lowest BCUT2D eigenvalue weighted by atomic mass is 9.95. The van der Waals surface area contributed by atoms with E-state index in [1.165, 1.54) is 32.5 Å². The van der Waals surface area contributed by atoms with Crippen molar-refractivity contribution in [3.63, 3.8) is 0 Å². The summed E-state index contributed by atoms with van der Waals surface area (Å²) >= 11 is 0. The van der Waals surface area contributed by atoms with Crippen molar-refractivity contribution in [3.8, 4) is 0 Å². The largest absolute Gasteiger partial charge is 0.341 e. The molecular weight excluding hydrogens is 226 g/mol. The van der Waals surface area contributed by atoms with Gasteiger partial charge in [-0.05, 0) is 51.1 Å². The van der Waals surface area contributed by atoms with Crippen LogP contribution in [0.1, 0.15) is 39.0 Å². The van der Waals surface area contributed by atoms with Crippen LogP contribution in [0.2, 0.25) is 0 Å². The first-order valence-electron chi connectivity index (χ1n) is 7.47. The van der Waals surface area contributed by atoms with Crippen molar-refractivity contribution in [2.45, 2.75) is 45.1 Å². The van der Waals surface area contributed by atoms with E-state index >= 15 is 0 Å². The third-order valence-electron chi connectivity index (χ3n) is 4.40. The number of hydrogen-bond donors (Lipinski definition) is 1. The summed E-state index contributed by atoms with van der Waals surface area (Å²) in [5.41, 5.74) is 5.81. The highest BCUT2D eigenvalue weighted by molar-refractivity contribution is 5.81. The van der Waals surface area contributed by atoms with Gasteiger partial charge in [0.2, 0.25) is 5.91 Å². The molecule has 0 aromatic rings. The molecule has 4 heteroatoms.